The van der Waals surface area contributed by atoms with Crippen LogP contribution in [0, 0.1) is 0 Å². The summed E-state index contributed by atoms with van der Waals surface area (Å²) >= 11 is 0. The summed E-state index contributed by atoms with van der Waals surface area (Å²) in [5, 5.41) is 8.92. The topological polar surface area (TPSA) is 53.8 Å². The molecule has 0 aromatic heterocycles. The van der Waals surface area contributed by atoms with E-state index in [4.69, 9.17) is 9.94 Å². The van der Waals surface area contributed by atoms with Crippen molar-refractivity contribution in [2.45, 2.75) is 45.6 Å². The molecule has 2 N–H and O–H groups in total. The zero-order valence-electron chi connectivity index (χ0n) is 9.49. The minimum atomic E-state index is 0.360. The number of aliphatic imine (C=N–C) groups is 1. The molecule has 0 saturated heterocycles. The SMILES string of the molecule is CCC1CCCCO/C(C)=C(\NO)C=N1. The Hall–Kier alpha value is -1.03. The van der Waals surface area contributed by atoms with E-state index in [9.17, 15) is 0 Å². The predicted molar refractivity (Wildman–Crippen MR) is 60.0 cm³/mol. The van der Waals surface area contributed by atoms with Crippen LogP contribution < -0.4 is 5.48 Å². The van der Waals surface area contributed by atoms with Crippen LogP contribution in [-0.2, 0) is 4.74 Å². The van der Waals surface area contributed by atoms with Crippen LogP contribution >= 0.6 is 0 Å². The largest absolute Gasteiger partial charge is 0.496 e. The van der Waals surface area contributed by atoms with E-state index in [0.717, 1.165) is 25.7 Å². The number of hydrogen-bond acceptors (Lipinski definition) is 4. The molecule has 0 aromatic carbocycles. The molecule has 0 bridgehead atoms. The molecule has 4 nitrogen and oxygen atoms in total. The maximum atomic E-state index is 8.92. The fourth-order valence-corrected chi connectivity index (χ4v) is 1.55. The third-order valence-electron chi connectivity index (χ3n) is 2.64. The van der Waals surface area contributed by atoms with Crippen LogP contribution in [0.3, 0.4) is 0 Å². The number of hydrogen-bond donors (Lipinski definition) is 2. The van der Waals surface area contributed by atoms with Gasteiger partial charge in [-0.05, 0) is 32.6 Å². The van der Waals surface area contributed by atoms with Crippen molar-refractivity contribution in [3.63, 3.8) is 0 Å². The summed E-state index contributed by atoms with van der Waals surface area (Å²) in [5.74, 6) is 0.693. The first-order valence-electron chi connectivity index (χ1n) is 5.55. The van der Waals surface area contributed by atoms with Gasteiger partial charge >= 0.3 is 0 Å². The third-order valence-corrected chi connectivity index (χ3v) is 2.64. The number of rotatable bonds is 2. The van der Waals surface area contributed by atoms with Crippen molar-refractivity contribution in [1.29, 1.82) is 0 Å². The van der Waals surface area contributed by atoms with Crippen LogP contribution in [0.15, 0.2) is 16.4 Å². The molecular formula is C11H20N2O2. The molecule has 0 aromatic rings. The van der Waals surface area contributed by atoms with Crippen molar-refractivity contribution in [3.8, 4) is 0 Å². The molecule has 0 saturated carbocycles. The summed E-state index contributed by atoms with van der Waals surface area (Å²) in [5.41, 5.74) is 2.67. The molecule has 4 heteroatoms. The van der Waals surface area contributed by atoms with Crippen LogP contribution in [0.2, 0.25) is 0 Å². The molecule has 0 aliphatic carbocycles. The van der Waals surface area contributed by atoms with E-state index in [1.807, 2.05) is 6.92 Å². The summed E-state index contributed by atoms with van der Waals surface area (Å²) in [4.78, 5) is 4.42. The summed E-state index contributed by atoms with van der Waals surface area (Å²) < 4.78 is 5.46. The Kier molecular flexibility index (Phi) is 5.18. The molecule has 86 valence electrons. The van der Waals surface area contributed by atoms with Gasteiger partial charge in [0.1, 0.15) is 11.5 Å². The van der Waals surface area contributed by atoms with E-state index in [2.05, 4.69) is 17.4 Å². The molecule has 15 heavy (non-hydrogen) atoms. The number of hydroxylamine groups is 1. The lowest BCUT2D eigenvalue weighted by atomic mass is 10.1. The second-order valence-electron chi connectivity index (χ2n) is 3.77. The first-order valence-corrected chi connectivity index (χ1v) is 5.55. The van der Waals surface area contributed by atoms with Crippen LogP contribution in [0.25, 0.3) is 0 Å². The van der Waals surface area contributed by atoms with Crippen molar-refractivity contribution in [3.05, 3.63) is 11.5 Å². The van der Waals surface area contributed by atoms with Crippen molar-refractivity contribution < 1.29 is 9.94 Å². The second kappa shape index (κ2) is 6.45. The van der Waals surface area contributed by atoms with E-state index in [0.29, 0.717) is 24.1 Å². The van der Waals surface area contributed by atoms with Crippen molar-refractivity contribution >= 4 is 6.21 Å². The summed E-state index contributed by atoms with van der Waals surface area (Å²) in [6.07, 6.45) is 5.98. The Balaban J connectivity index is 2.75. The number of ether oxygens (including phenoxy) is 1. The molecule has 1 unspecified atom stereocenters. The van der Waals surface area contributed by atoms with E-state index in [-0.39, 0.29) is 0 Å². The normalized spacial score (nSPS) is 28.3. The standard InChI is InChI=1S/C11H20N2O2/c1-3-10-6-4-5-7-15-9(2)11(13-14)8-12-10/h8,10,13-14H,3-7H2,1-2H3/b11-9-,12-8?. The van der Waals surface area contributed by atoms with E-state index in [1.54, 1.807) is 6.21 Å². The zero-order valence-corrected chi connectivity index (χ0v) is 9.49. The smallest absolute Gasteiger partial charge is 0.120 e. The van der Waals surface area contributed by atoms with Gasteiger partial charge in [-0.25, -0.2) is 0 Å². The van der Waals surface area contributed by atoms with Gasteiger partial charge in [0.2, 0.25) is 0 Å². The van der Waals surface area contributed by atoms with Crippen LogP contribution in [0.4, 0.5) is 0 Å². The lowest BCUT2D eigenvalue weighted by Crippen LogP contribution is -2.15. The molecule has 0 spiro atoms. The first-order chi connectivity index (χ1) is 7.27. The van der Waals surface area contributed by atoms with Crippen molar-refractivity contribution in [2.24, 2.45) is 4.99 Å². The number of nitrogens with zero attached hydrogens (tertiary/aromatic N) is 1. The van der Waals surface area contributed by atoms with Gasteiger partial charge in [0.25, 0.3) is 0 Å². The van der Waals surface area contributed by atoms with E-state index < -0.39 is 0 Å². The average molecular weight is 212 g/mol. The van der Waals surface area contributed by atoms with Gasteiger partial charge in [0.15, 0.2) is 0 Å². The summed E-state index contributed by atoms with van der Waals surface area (Å²) in [7, 11) is 0. The van der Waals surface area contributed by atoms with Crippen molar-refractivity contribution in [2.75, 3.05) is 6.61 Å². The Morgan fingerprint density at radius 1 is 1.60 bits per heavy atom. The highest BCUT2D eigenvalue weighted by molar-refractivity contribution is 5.78. The van der Waals surface area contributed by atoms with Gasteiger partial charge in [-0.1, -0.05) is 6.92 Å². The van der Waals surface area contributed by atoms with E-state index in [1.165, 1.54) is 0 Å². The van der Waals surface area contributed by atoms with E-state index >= 15 is 0 Å². The fraction of sp³-hybridized carbons (Fsp3) is 0.727. The molecule has 1 rings (SSSR count). The molecule has 0 radical (unpaired) electrons. The highest BCUT2D eigenvalue weighted by atomic mass is 16.5. The zero-order chi connectivity index (χ0) is 11.1. The Labute approximate surface area is 91.0 Å². The quantitative estimate of drug-likeness (QED) is 0.690. The van der Waals surface area contributed by atoms with Crippen LogP contribution in [0.5, 0.6) is 0 Å². The minimum absolute atomic E-state index is 0.360. The van der Waals surface area contributed by atoms with Gasteiger partial charge in [0.05, 0.1) is 12.8 Å². The minimum Gasteiger partial charge on any atom is -0.496 e. The van der Waals surface area contributed by atoms with Gasteiger partial charge in [-0.15, -0.1) is 0 Å². The molecule has 1 atom stereocenters. The molecule has 0 amide bonds. The Morgan fingerprint density at radius 2 is 2.40 bits per heavy atom. The molecule has 1 heterocycles. The second-order valence-corrected chi connectivity index (χ2v) is 3.77. The van der Waals surface area contributed by atoms with Gasteiger partial charge < -0.3 is 4.74 Å². The molecule has 1 aliphatic heterocycles. The highest BCUT2D eigenvalue weighted by Crippen LogP contribution is 2.12. The maximum absolute atomic E-state index is 8.92. The van der Waals surface area contributed by atoms with Crippen molar-refractivity contribution in [1.82, 2.24) is 5.48 Å². The third kappa shape index (κ3) is 3.91. The predicted octanol–water partition coefficient (Wildman–Crippen LogP) is 2.25. The lowest BCUT2D eigenvalue weighted by molar-refractivity contribution is 0.172. The fourth-order valence-electron chi connectivity index (χ4n) is 1.55. The Morgan fingerprint density at radius 3 is 3.07 bits per heavy atom. The number of nitrogens with one attached hydrogen (secondary N) is 1. The van der Waals surface area contributed by atoms with Gasteiger partial charge in [0, 0.05) is 6.04 Å². The highest BCUT2D eigenvalue weighted by Gasteiger charge is 2.07. The van der Waals surface area contributed by atoms with Crippen LogP contribution in [0.1, 0.15) is 39.5 Å². The average Bonchev–Trinajstić information content (AvgIpc) is 2.26. The lowest BCUT2D eigenvalue weighted by Gasteiger charge is -2.14. The summed E-state index contributed by atoms with van der Waals surface area (Å²) in [6.45, 7) is 4.67. The maximum Gasteiger partial charge on any atom is 0.120 e. The van der Waals surface area contributed by atoms with Gasteiger partial charge in [-0.3, -0.25) is 15.7 Å². The Bertz CT molecular complexity index is 249. The molecule has 0 fully saturated rings. The molecule has 1 aliphatic rings. The van der Waals surface area contributed by atoms with Crippen LogP contribution in [-0.4, -0.2) is 24.1 Å². The molecular weight excluding hydrogens is 192 g/mol. The van der Waals surface area contributed by atoms with Gasteiger partial charge in [-0.2, -0.15) is 0 Å². The first kappa shape index (κ1) is 12.0. The number of allylic oxidation sites excluding steroid dienone is 2. The monoisotopic (exact) mass is 212 g/mol. The summed E-state index contributed by atoms with van der Waals surface area (Å²) in [6, 6.07) is 0.360.